The van der Waals surface area contributed by atoms with Crippen LogP contribution >= 0.6 is 0 Å². The number of hydrogen-bond donors (Lipinski definition) is 0. The summed E-state index contributed by atoms with van der Waals surface area (Å²) in [6.07, 6.45) is 0. The third-order valence-electron chi connectivity index (χ3n) is 11.1. The van der Waals surface area contributed by atoms with Crippen LogP contribution in [0.15, 0.2) is 158 Å². The number of aromatic nitrogens is 4. The van der Waals surface area contributed by atoms with E-state index in [2.05, 4.69) is 181 Å². The molecule has 0 spiro atoms. The lowest BCUT2D eigenvalue weighted by atomic mass is 9.82. The smallest absolute Gasteiger partial charge is 0.235 e. The zero-order valence-electron chi connectivity index (χ0n) is 28.3. The first-order valence-electron chi connectivity index (χ1n) is 17.6. The Morgan fingerprint density at radius 1 is 0.471 bits per heavy atom. The molecule has 0 unspecified atom stereocenters. The second-order valence-electron chi connectivity index (χ2n) is 14.3. The van der Waals surface area contributed by atoms with Crippen molar-refractivity contribution >= 4 is 54.5 Å². The highest BCUT2D eigenvalue weighted by molar-refractivity contribution is 6.16. The Bertz CT molecular complexity index is 3040. The van der Waals surface area contributed by atoms with Gasteiger partial charge in [-0.2, -0.15) is 0 Å². The van der Waals surface area contributed by atoms with E-state index in [4.69, 9.17) is 9.97 Å². The average molecular weight is 653 g/mol. The van der Waals surface area contributed by atoms with E-state index in [0.717, 1.165) is 49.9 Å². The van der Waals surface area contributed by atoms with E-state index in [9.17, 15) is 0 Å². The molecule has 51 heavy (non-hydrogen) atoms. The second kappa shape index (κ2) is 10.3. The van der Waals surface area contributed by atoms with Crippen LogP contribution in [0.2, 0.25) is 0 Å². The largest absolute Gasteiger partial charge is 0.306 e. The van der Waals surface area contributed by atoms with Gasteiger partial charge in [0, 0.05) is 32.8 Å². The van der Waals surface area contributed by atoms with Crippen LogP contribution in [-0.2, 0) is 5.41 Å². The highest BCUT2D eigenvalue weighted by atomic mass is 15.2. The average Bonchev–Trinajstić information content (AvgIpc) is 3.76. The van der Waals surface area contributed by atoms with Gasteiger partial charge in [0.25, 0.3) is 0 Å². The first kappa shape index (κ1) is 28.3. The SMILES string of the molecule is CC1(C)c2ccccc2-c2cc3c4ccccc4n(-c4nc(-c5ccccc5)c5c(n4)c4cc6ccccc6cc4n5-c4ccccc4)c3cc21. The van der Waals surface area contributed by atoms with Gasteiger partial charge in [-0.15, -0.1) is 0 Å². The summed E-state index contributed by atoms with van der Waals surface area (Å²) in [6.45, 7) is 4.69. The molecule has 10 aromatic rings. The highest BCUT2D eigenvalue weighted by Gasteiger charge is 2.36. The van der Waals surface area contributed by atoms with Crippen molar-refractivity contribution in [1.82, 2.24) is 19.1 Å². The molecule has 11 rings (SSSR count). The molecule has 1 aliphatic carbocycles. The topological polar surface area (TPSA) is 35.6 Å². The molecule has 0 amide bonds. The van der Waals surface area contributed by atoms with Crippen LogP contribution in [-0.4, -0.2) is 19.1 Å². The Hall–Kier alpha value is -6.52. The van der Waals surface area contributed by atoms with Crippen LogP contribution in [0.3, 0.4) is 0 Å². The lowest BCUT2D eigenvalue weighted by Gasteiger charge is -2.21. The lowest BCUT2D eigenvalue weighted by Crippen LogP contribution is -2.15. The van der Waals surface area contributed by atoms with Crippen LogP contribution in [0.4, 0.5) is 0 Å². The van der Waals surface area contributed by atoms with E-state index >= 15 is 0 Å². The van der Waals surface area contributed by atoms with Gasteiger partial charge in [-0.25, -0.2) is 9.97 Å². The van der Waals surface area contributed by atoms with Gasteiger partial charge in [0.15, 0.2) is 0 Å². The zero-order valence-corrected chi connectivity index (χ0v) is 28.3. The summed E-state index contributed by atoms with van der Waals surface area (Å²) in [5, 5.41) is 5.89. The first-order chi connectivity index (χ1) is 25.1. The summed E-state index contributed by atoms with van der Waals surface area (Å²) in [4.78, 5) is 11.2. The molecule has 0 saturated carbocycles. The summed E-state index contributed by atoms with van der Waals surface area (Å²) in [5.74, 6) is 0.668. The molecule has 240 valence electrons. The van der Waals surface area contributed by atoms with Gasteiger partial charge in [0.2, 0.25) is 5.95 Å². The van der Waals surface area contributed by atoms with Gasteiger partial charge in [-0.05, 0) is 75.5 Å². The van der Waals surface area contributed by atoms with Crippen molar-refractivity contribution in [2.75, 3.05) is 0 Å². The molecule has 0 radical (unpaired) electrons. The molecule has 1 aliphatic rings. The summed E-state index contributed by atoms with van der Waals surface area (Å²) in [6, 6.07) is 56.7. The maximum absolute atomic E-state index is 5.59. The maximum Gasteiger partial charge on any atom is 0.235 e. The molecule has 0 fully saturated rings. The van der Waals surface area contributed by atoms with Crippen LogP contribution in [0.25, 0.3) is 88.5 Å². The Balaban J connectivity index is 1.31. The van der Waals surface area contributed by atoms with Crippen molar-refractivity contribution in [2.45, 2.75) is 19.3 Å². The minimum atomic E-state index is -0.133. The molecule has 0 atom stereocenters. The quantitative estimate of drug-likeness (QED) is 0.190. The van der Waals surface area contributed by atoms with Gasteiger partial charge < -0.3 is 4.57 Å². The Kier molecular flexibility index (Phi) is 5.70. The van der Waals surface area contributed by atoms with Crippen molar-refractivity contribution in [2.24, 2.45) is 0 Å². The molecule has 4 heteroatoms. The Morgan fingerprint density at radius 2 is 1.14 bits per heavy atom. The summed E-state index contributed by atoms with van der Waals surface area (Å²) >= 11 is 0. The zero-order chi connectivity index (χ0) is 33.8. The predicted molar refractivity (Wildman–Crippen MR) is 211 cm³/mol. The highest BCUT2D eigenvalue weighted by Crippen LogP contribution is 2.51. The number of fused-ring (bicyclic) bond motifs is 10. The van der Waals surface area contributed by atoms with E-state index in [1.165, 1.54) is 43.8 Å². The van der Waals surface area contributed by atoms with Crippen molar-refractivity contribution < 1.29 is 0 Å². The fourth-order valence-corrected chi connectivity index (χ4v) is 8.69. The number of nitrogens with zero attached hydrogens (tertiary/aromatic N) is 4. The molecular weight excluding hydrogens is 621 g/mol. The third kappa shape index (κ3) is 3.90. The molecule has 0 N–H and O–H groups in total. The van der Waals surface area contributed by atoms with E-state index < -0.39 is 0 Å². The number of benzene rings is 7. The Morgan fingerprint density at radius 3 is 1.96 bits per heavy atom. The van der Waals surface area contributed by atoms with Crippen LogP contribution in [0, 0.1) is 0 Å². The maximum atomic E-state index is 5.59. The van der Waals surface area contributed by atoms with Gasteiger partial charge in [0.05, 0.1) is 22.1 Å². The van der Waals surface area contributed by atoms with Gasteiger partial charge >= 0.3 is 0 Å². The van der Waals surface area contributed by atoms with E-state index in [1.807, 2.05) is 0 Å². The fraction of sp³-hybridized carbons (Fsp3) is 0.0638. The molecule has 0 aliphatic heterocycles. The predicted octanol–water partition coefficient (Wildman–Crippen LogP) is 11.8. The first-order valence-corrected chi connectivity index (χ1v) is 17.6. The number of hydrogen-bond acceptors (Lipinski definition) is 2. The number of rotatable bonds is 3. The van der Waals surface area contributed by atoms with Gasteiger partial charge in [-0.3, -0.25) is 4.57 Å². The lowest BCUT2D eigenvalue weighted by molar-refractivity contribution is 0.661. The Labute approximate surface area is 294 Å². The minimum Gasteiger partial charge on any atom is -0.306 e. The van der Waals surface area contributed by atoms with Crippen molar-refractivity contribution in [3.05, 3.63) is 169 Å². The molecule has 0 saturated heterocycles. The standard InChI is InChI=1S/C47H32N4/c1-47(2)38-23-13-11-21-33(38)35-27-36-34-22-12-14-24-40(34)51(42(36)28-39(35)47)46-48-43(29-15-5-3-6-16-29)45-44(49-46)37-25-30-17-9-10-18-31(30)26-41(37)50(45)32-19-7-4-8-20-32/h3-28H,1-2H3. The number of para-hydroxylation sites is 2. The molecule has 0 bridgehead atoms. The van der Waals surface area contributed by atoms with E-state index in [0.29, 0.717) is 5.95 Å². The van der Waals surface area contributed by atoms with Gasteiger partial charge in [0.1, 0.15) is 11.2 Å². The van der Waals surface area contributed by atoms with Crippen molar-refractivity contribution in [3.8, 4) is 34.0 Å². The monoisotopic (exact) mass is 652 g/mol. The normalized spacial score (nSPS) is 13.5. The van der Waals surface area contributed by atoms with Crippen LogP contribution in [0.1, 0.15) is 25.0 Å². The van der Waals surface area contributed by atoms with E-state index in [1.54, 1.807) is 0 Å². The van der Waals surface area contributed by atoms with Gasteiger partial charge in [-0.1, -0.05) is 129 Å². The molecular formula is C47H32N4. The molecule has 3 heterocycles. The van der Waals surface area contributed by atoms with Crippen LogP contribution in [0.5, 0.6) is 0 Å². The summed E-state index contributed by atoms with van der Waals surface area (Å²) in [7, 11) is 0. The summed E-state index contributed by atoms with van der Waals surface area (Å²) in [5.41, 5.74) is 13.5. The fourth-order valence-electron chi connectivity index (χ4n) is 8.69. The summed E-state index contributed by atoms with van der Waals surface area (Å²) < 4.78 is 4.64. The molecule has 7 aromatic carbocycles. The third-order valence-corrected chi connectivity index (χ3v) is 11.1. The molecule has 4 nitrogen and oxygen atoms in total. The van der Waals surface area contributed by atoms with Crippen molar-refractivity contribution in [1.29, 1.82) is 0 Å². The van der Waals surface area contributed by atoms with Crippen molar-refractivity contribution in [3.63, 3.8) is 0 Å². The van der Waals surface area contributed by atoms with Crippen LogP contribution < -0.4 is 0 Å². The van der Waals surface area contributed by atoms with E-state index in [-0.39, 0.29) is 5.41 Å². The minimum absolute atomic E-state index is 0.133. The molecule has 3 aromatic heterocycles. The second-order valence-corrected chi connectivity index (χ2v) is 14.3.